The minimum Gasteiger partial charge on any atom is -0.392 e. The molecule has 2 atom stereocenters. The molecular weight excluding hydrogens is 300 g/mol. The van der Waals surface area contributed by atoms with Crippen LogP contribution in [-0.4, -0.2) is 17.0 Å². The summed E-state index contributed by atoms with van der Waals surface area (Å²) in [5.41, 5.74) is 2.74. The van der Waals surface area contributed by atoms with Crippen molar-refractivity contribution in [3.05, 3.63) is 64.7 Å². The molecule has 0 fully saturated rings. The van der Waals surface area contributed by atoms with E-state index >= 15 is 0 Å². The summed E-state index contributed by atoms with van der Waals surface area (Å²) in [4.78, 5) is 1.12. The number of benzene rings is 2. The molecule has 1 nitrogen and oxygen atoms in total. The largest absolute Gasteiger partial charge is 0.392 e. The van der Waals surface area contributed by atoms with Gasteiger partial charge in [-0.05, 0) is 48.6 Å². The number of fused-ring (bicyclic) bond motifs is 1. The van der Waals surface area contributed by atoms with Gasteiger partial charge >= 0.3 is 0 Å². The van der Waals surface area contributed by atoms with Crippen LogP contribution >= 0.6 is 23.4 Å². The van der Waals surface area contributed by atoms with E-state index in [1.807, 2.05) is 24.3 Å². The first-order chi connectivity index (χ1) is 10.2. The maximum atomic E-state index is 10.6. The molecule has 2 aromatic carbocycles. The zero-order valence-electron chi connectivity index (χ0n) is 11.8. The van der Waals surface area contributed by atoms with Crippen molar-refractivity contribution < 1.29 is 5.11 Å². The highest BCUT2D eigenvalue weighted by molar-refractivity contribution is 7.99. The average Bonchev–Trinajstić information content (AvgIpc) is 2.52. The number of aliphatic hydroxyl groups excluding tert-OH is 1. The molecule has 0 amide bonds. The van der Waals surface area contributed by atoms with E-state index in [1.165, 1.54) is 17.5 Å². The molecule has 3 rings (SSSR count). The van der Waals surface area contributed by atoms with Gasteiger partial charge in [-0.15, -0.1) is 11.8 Å². The molecule has 0 radical (unpaired) electrons. The summed E-state index contributed by atoms with van der Waals surface area (Å²) in [5, 5.41) is 11.3. The molecule has 0 spiro atoms. The standard InChI is InChI=1S/C18H19ClOS/c19-14-7-4-8-15(11-14)21-12-18(20)17-10-3-6-13-5-1-2-9-16(13)17/h1-2,4-5,7-9,11,17-18,20H,3,6,10,12H2. The fourth-order valence-corrected chi connectivity index (χ4v) is 4.28. The zero-order chi connectivity index (χ0) is 14.7. The molecule has 0 heterocycles. The zero-order valence-corrected chi connectivity index (χ0v) is 13.4. The van der Waals surface area contributed by atoms with Crippen molar-refractivity contribution in [3.8, 4) is 0 Å². The predicted molar refractivity (Wildman–Crippen MR) is 90.3 cm³/mol. The van der Waals surface area contributed by atoms with Gasteiger partial charge in [-0.2, -0.15) is 0 Å². The second-order valence-electron chi connectivity index (χ2n) is 5.53. The van der Waals surface area contributed by atoms with Gasteiger partial charge in [0, 0.05) is 21.6 Å². The summed E-state index contributed by atoms with van der Waals surface area (Å²) in [7, 11) is 0. The Morgan fingerprint density at radius 1 is 1.19 bits per heavy atom. The molecule has 1 N–H and O–H groups in total. The minimum atomic E-state index is -0.310. The third-order valence-electron chi connectivity index (χ3n) is 4.10. The Bertz CT molecular complexity index is 614. The van der Waals surface area contributed by atoms with Gasteiger partial charge in [0.25, 0.3) is 0 Å². The SMILES string of the molecule is OC(CSc1cccc(Cl)c1)C1CCCc2ccccc21. The van der Waals surface area contributed by atoms with E-state index in [-0.39, 0.29) is 12.0 Å². The van der Waals surface area contributed by atoms with Crippen molar-refractivity contribution in [2.75, 3.05) is 5.75 Å². The van der Waals surface area contributed by atoms with E-state index in [0.717, 1.165) is 22.8 Å². The molecule has 0 aliphatic heterocycles. The lowest BCUT2D eigenvalue weighted by Crippen LogP contribution is -2.24. The number of halogens is 1. The Morgan fingerprint density at radius 2 is 2.05 bits per heavy atom. The van der Waals surface area contributed by atoms with Crippen molar-refractivity contribution in [3.63, 3.8) is 0 Å². The van der Waals surface area contributed by atoms with Crippen molar-refractivity contribution in [2.24, 2.45) is 0 Å². The second-order valence-corrected chi connectivity index (χ2v) is 7.06. The fraction of sp³-hybridized carbons (Fsp3) is 0.333. The number of thioether (sulfide) groups is 1. The summed E-state index contributed by atoms with van der Waals surface area (Å²) in [6, 6.07) is 16.4. The highest BCUT2D eigenvalue weighted by Gasteiger charge is 2.26. The first-order valence-electron chi connectivity index (χ1n) is 7.38. The lowest BCUT2D eigenvalue weighted by Gasteiger charge is -2.29. The van der Waals surface area contributed by atoms with Crippen LogP contribution in [0.15, 0.2) is 53.4 Å². The van der Waals surface area contributed by atoms with E-state index in [4.69, 9.17) is 11.6 Å². The lowest BCUT2D eigenvalue weighted by molar-refractivity contribution is 0.157. The number of hydrogen-bond acceptors (Lipinski definition) is 2. The molecule has 3 heteroatoms. The van der Waals surface area contributed by atoms with Crippen molar-refractivity contribution >= 4 is 23.4 Å². The Morgan fingerprint density at radius 3 is 2.90 bits per heavy atom. The van der Waals surface area contributed by atoms with Crippen LogP contribution in [0.5, 0.6) is 0 Å². The molecule has 2 unspecified atom stereocenters. The van der Waals surface area contributed by atoms with Crippen LogP contribution in [0.1, 0.15) is 29.9 Å². The van der Waals surface area contributed by atoms with Gasteiger partial charge in [-0.1, -0.05) is 41.9 Å². The minimum absolute atomic E-state index is 0.265. The Balaban J connectivity index is 1.67. The second kappa shape index (κ2) is 6.87. The summed E-state index contributed by atoms with van der Waals surface area (Å²) in [6.07, 6.45) is 3.07. The van der Waals surface area contributed by atoms with Gasteiger partial charge in [-0.3, -0.25) is 0 Å². The summed E-state index contributed by atoms with van der Waals surface area (Å²) >= 11 is 7.68. The smallest absolute Gasteiger partial charge is 0.0702 e. The van der Waals surface area contributed by atoms with Gasteiger partial charge < -0.3 is 5.11 Å². The molecule has 1 aliphatic carbocycles. The summed E-state index contributed by atoms with van der Waals surface area (Å²) in [5.74, 6) is 0.973. The average molecular weight is 319 g/mol. The van der Waals surface area contributed by atoms with Gasteiger partial charge in [0.1, 0.15) is 0 Å². The quantitative estimate of drug-likeness (QED) is 0.808. The predicted octanol–water partition coefficient (Wildman–Crippen LogP) is 4.91. The molecule has 0 aromatic heterocycles. The number of aliphatic hydroxyl groups is 1. The van der Waals surface area contributed by atoms with E-state index in [0.29, 0.717) is 5.75 Å². The van der Waals surface area contributed by atoms with Crippen LogP contribution < -0.4 is 0 Å². The number of aryl methyl sites for hydroxylation is 1. The molecule has 0 saturated heterocycles. The Labute approximate surface area is 135 Å². The van der Waals surface area contributed by atoms with Crippen molar-refractivity contribution in [1.29, 1.82) is 0 Å². The topological polar surface area (TPSA) is 20.2 Å². The molecule has 110 valence electrons. The van der Waals surface area contributed by atoms with Gasteiger partial charge in [0.15, 0.2) is 0 Å². The van der Waals surface area contributed by atoms with Crippen LogP contribution in [0.25, 0.3) is 0 Å². The molecule has 2 aromatic rings. The molecule has 1 aliphatic rings. The first-order valence-corrected chi connectivity index (χ1v) is 8.74. The summed E-state index contributed by atoms with van der Waals surface area (Å²) < 4.78 is 0. The van der Waals surface area contributed by atoms with Gasteiger partial charge in [0.2, 0.25) is 0 Å². The molecular formula is C18H19ClOS. The molecule has 0 bridgehead atoms. The van der Waals surface area contributed by atoms with E-state index in [2.05, 4.69) is 24.3 Å². The highest BCUT2D eigenvalue weighted by Crippen LogP contribution is 2.35. The lowest BCUT2D eigenvalue weighted by atomic mass is 9.80. The van der Waals surface area contributed by atoms with Gasteiger partial charge in [0.05, 0.1) is 6.10 Å². The first kappa shape index (κ1) is 15.0. The number of rotatable bonds is 4. The van der Waals surface area contributed by atoms with Gasteiger partial charge in [-0.25, -0.2) is 0 Å². The Hall–Kier alpha value is -0.960. The van der Waals surface area contributed by atoms with Crippen LogP contribution in [-0.2, 0) is 6.42 Å². The monoisotopic (exact) mass is 318 g/mol. The Kier molecular flexibility index (Phi) is 4.89. The van der Waals surface area contributed by atoms with Crippen LogP contribution in [0, 0.1) is 0 Å². The fourth-order valence-electron chi connectivity index (χ4n) is 3.05. The van der Waals surface area contributed by atoms with E-state index in [1.54, 1.807) is 11.8 Å². The normalized spacial score (nSPS) is 19.0. The maximum Gasteiger partial charge on any atom is 0.0702 e. The number of hydrogen-bond donors (Lipinski definition) is 1. The van der Waals surface area contributed by atoms with E-state index < -0.39 is 0 Å². The van der Waals surface area contributed by atoms with Crippen molar-refractivity contribution in [2.45, 2.75) is 36.2 Å². The summed E-state index contributed by atoms with van der Waals surface area (Å²) in [6.45, 7) is 0. The highest BCUT2D eigenvalue weighted by atomic mass is 35.5. The maximum absolute atomic E-state index is 10.6. The van der Waals surface area contributed by atoms with Crippen LogP contribution in [0.4, 0.5) is 0 Å². The van der Waals surface area contributed by atoms with Crippen LogP contribution in [0.2, 0.25) is 5.02 Å². The third-order valence-corrected chi connectivity index (χ3v) is 5.43. The van der Waals surface area contributed by atoms with Crippen LogP contribution in [0.3, 0.4) is 0 Å². The third kappa shape index (κ3) is 3.63. The van der Waals surface area contributed by atoms with E-state index in [9.17, 15) is 5.11 Å². The molecule has 0 saturated carbocycles. The molecule has 21 heavy (non-hydrogen) atoms. The van der Waals surface area contributed by atoms with Crippen molar-refractivity contribution in [1.82, 2.24) is 0 Å².